The van der Waals surface area contributed by atoms with E-state index in [0.717, 1.165) is 18.9 Å². The number of aliphatic hydroxyl groups excluding tert-OH is 1. The van der Waals surface area contributed by atoms with Crippen LogP contribution in [0.5, 0.6) is 0 Å². The van der Waals surface area contributed by atoms with Crippen LogP contribution in [0.4, 0.5) is 9.18 Å². The molecule has 0 radical (unpaired) electrons. The zero-order chi connectivity index (χ0) is 32.2. The van der Waals surface area contributed by atoms with Crippen molar-refractivity contribution in [1.29, 1.82) is 0 Å². The molecule has 1 amide bonds. The van der Waals surface area contributed by atoms with Crippen molar-refractivity contribution in [2.45, 2.75) is 76.0 Å². The number of rotatable bonds is 5. The zero-order valence-corrected chi connectivity index (χ0v) is 26.9. The van der Waals surface area contributed by atoms with Crippen LogP contribution in [0.3, 0.4) is 0 Å². The molecule has 0 saturated carbocycles. The van der Waals surface area contributed by atoms with E-state index in [-0.39, 0.29) is 35.1 Å². The van der Waals surface area contributed by atoms with E-state index in [9.17, 15) is 32.6 Å². The minimum Gasteiger partial charge on any atom is -0.465 e. The molecule has 3 heterocycles. The molecule has 44 heavy (non-hydrogen) atoms. The maximum absolute atomic E-state index is 14.7. The van der Waals surface area contributed by atoms with Crippen LogP contribution in [0.1, 0.15) is 58.4 Å². The Morgan fingerprint density at radius 3 is 2.45 bits per heavy atom. The van der Waals surface area contributed by atoms with Crippen LogP contribution < -0.4 is 0 Å². The lowest BCUT2D eigenvalue weighted by molar-refractivity contribution is -0.151. The van der Waals surface area contributed by atoms with E-state index in [2.05, 4.69) is 4.90 Å². The number of amides is 1. The molecule has 2 N–H and O–H groups in total. The molecule has 1 aromatic rings. The first-order chi connectivity index (χ1) is 20.8. The smallest absolute Gasteiger partial charge is 0.407 e. The van der Waals surface area contributed by atoms with Gasteiger partial charge in [0.15, 0.2) is 0 Å². The van der Waals surface area contributed by atoms with Crippen molar-refractivity contribution in [1.82, 2.24) is 14.1 Å². The van der Waals surface area contributed by atoms with E-state index >= 15 is 0 Å². The summed E-state index contributed by atoms with van der Waals surface area (Å²) in [6, 6.07) is 3.41. The predicted molar refractivity (Wildman–Crippen MR) is 165 cm³/mol. The number of carboxylic acid groups (broad SMARTS) is 1. The normalized spacial score (nSPS) is 31.2. The number of nitrogens with zero attached hydrogens (tertiary/aromatic N) is 3. The second kappa shape index (κ2) is 14.5. The van der Waals surface area contributed by atoms with Crippen LogP contribution in [0.2, 0.25) is 0 Å². The monoisotopic (exact) mass is 635 g/mol. The van der Waals surface area contributed by atoms with Crippen LogP contribution in [0, 0.1) is 23.6 Å². The van der Waals surface area contributed by atoms with Gasteiger partial charge in [-0.2, -0.15) is 4.31 Å². The van der Waals surface area contributed by atoms with Gasteiger partial charge in [-0.15, -0.1) is 0 Å². The molecule has 0 bridgehead atoms. The highest BCUT2D eigenvalue weighted by Crippen LogP contribution is 2.32. The number of aliphatic hydroxyl groups is 1. The zero-order valence-electron chi connectivity index (χ0n) is 26.1. The minimum absolute atomic E-state index is 0.0280. The molecule has 1 aromatic carbocycles. The number of ether oxygens (including phenoxy) is 1. The first-order valence-electron chi connectivity index (χ1n) is 15.5. The van der Waals surface area contributed by atoms with E-state index in [1.165, 1.54) is 21.3 Å². The molecular formula is C32H46FN3O7S. The largest absolute Gasteiger partial charge is 0.465 e. The highest BCUT2D eigenvalue weighted by atomic mass is 32.2. The Kier molecular flexibility index (Phi) is 11.3. The average Bonchev–Trinajstić information content (AvgIpc) is 3.50. The second-order valence-electron chi connectivity index (χ2n) is 12.7. The van der Waals surface area contributed by atoms with E-state index < -0.39 is 40.1 Å². The molecule has 3 aliphatic heterocycles. The number of hydrogen-bond donors (Lipinski definition) is 2. The number of halogens is 1. The van der Waals surface area contributed by atoms with Crippen LogP contribution in [-0.2, 0) is 19.6 Å². The average molecular weight is 636 g/mol. The topological polar surface area (TPSA) is 128 Å². The highest BCUT2D eigenvalue weighted by Gasteiger charge is 2.37. The van der Waals surface area contributed by atoms with Crippen molar-refractivity contribution >= 4 is 28.2 Å². The molecule has 10 nitrogen and oxygen atoms in total. The summed E-state index contributed by atoms with van der Waals surface area (Å²) >= 11 is 0. The van der Waals surface area contributed by atoms with Gasteiger partial charge in [-0.3, -0.25) is 4.79 Å². The molecule has 0 aliphatic carbocycles. The number of cyclic esters (lactones) is 1. The maximum Gasteiger partial charge on any atom is 0.407 e. The summed E-state index contributed by atoms with van der Waals surface area (Å²) in [5.74, 6) is -1.73. The van der Waals surface area contributed by atoms with E-state index in [4.69, 9.17) is 4.74 Å². The third-order valence-electron chi connectivity index (χ3n) is 9.14. The summed E-state index contributed by atoms with van der Waals surface area (Å²) < 4.78 is 48.2. The fourth-order valence-corrected chi connectivity index (χ4v) is 8.19. The number of hydrogen-bond acceptors (Lipinski definition) is 7. The molecule has 0 aromatic heterocycles. The summed E-state index contributed by atoms with van der Waals surface area (Å²) in [4.78, 5) is 28.6. The van der Waals surface area contributed by atoms with Crippen molar-refractivity contribution in [2.75, 3.05) is 39.8 Å². The van der Waals surface area contributed by atoms with Gasteiger partial charge < -0.3 is 24.7 Å². The number of carbonyl (C=O) groups excluding carboxylic acids is 1. The molecule has 0 spiro atoms. The standard InChI is InChI=1S/C32H46FN3O7S/c1-21-7-9-26(37)19-30(38)43-31(22(2)8-10-28(21)29-20-34(4)13-14-36(29)32(39)40)23(3)15-24-16-25(33)18-27(17-24)44(41,42)35-11-5-6-12-35/h8,10,15-18,21-22,26,28-29,31,37H,5-7,9,11-14,19-20H2,1-4H3,(H,39,40)/b10-8+,23-15+/t21-,22-,26+,28-,29?,31-/m0/s1. The molecule has 244 valence electrons. The number of esters is 1. The van der Waals surface area contributed by atoms with Gasteiger partial charge in [-0.05, 0) is 74.9 Å². The van der Waals surface area contributed by atoms with Crippen molar-refractivity contribution < 1.29 is 37.3 Å². The van der Waals surface area contributed by atoms with Crippen LogP contribution in [-0.4, -0.2) is 103 Å². The third-order valence-corrected chi connectivity index (χ3v) is 11.0. The molecule has 2 saturated heterocycles. The van der Waals surface area contributed by atoms with Crippen molar-refractivity contribution in [2.24, 2.45) is 17.8 Å². The summed E-state index contributed by atoms with van der Waals surface area (Å²) in [6.45, 7) is 8.09. The second-order valence-corrected chi connectivity index (χ2v) is 14.6. The number of sulfonamides is 1. The Bertz CT molecular complexity index is 1360. The van der Waals surface area contributed by atoms with Gasteiger partial charge in [0.2, 0.25) is 10.0 Å². The van der Waals surface area contributed by atoms with E-state index in [0.29, 0.717) is 56.7 Å². The van der Waals surface area contributed by atoms with Crippen LogP contribution in [0.15, 0.2) is 40.8 Å². The van der Waals surface area contributed by atoms with E-state index in [1.54, 1.807) is 13.0 Å². The summed E-state index contributed by atoms with van der Waals surface area (Å²) in [5, 5.41) is 20.6. The Labute approximate surface area is 260 Å². The van der Waals surface area contributed by atoms with Crippen LogP contribution >= 0.6 is 0 Å². The van der Waals surface area contributed by atoms with Crippen molar-refractivity contribution in [3.8, 4) is 0 Å². The summed E-state index contributed by atoms with van der Waals surface area (Å²) in [7, 11) is -1.87. The van der Waals surface area contributed by atoms with Gasteiger partial charge in [0.1, 0.15) is 11.9 Å². The van der Waals surface area contributed by atoms with Gasteiger partial charge in [0, 0.05) is 44.6 Å². The van der Waals surface area contributed by atoms with Crippen molar-refractivity contribution in [3.63, 3.8) is 0 Å². The van der Waals surface area contributed by atoms with Crippen molar-refractivity contribution in [3.05, 3.63) is 47.3 Å². The van der Waals surface area contributed by atoms with Gasteiger partial charge in [0.25, 0.3) is 0 Å². The predicted octanol–water partition coefficient (Wildman–Crippen LogP) is 4.21. The van der Waals surface area contributed by atoms with Crippen LogP contribution in [0.25, 0.3) is 6.08 Å². The Hall–Kier alpha value is -2.80. The minimum atomic E-state index is -3.84. The SMILES string of the molecule is C/C(=C\c1cc(F)cc(S(=O)(=O)N2CCCC2)c1)[C@H]1OC(=O)C[C@H](O)CC[C@H](C)[C@@H](C2CN(C)CCN2C(=O)O)/C=C/[C@@H]1C. The molecule has 12 heteroatoms. The lowest BCUT2D eigenvalue weighted by Crippen LogP contribution is -2.57. The molecule has 3 aliphatic rings. The number of benzene rings is 1. The fourth-order valence-electron chi connectivity index (χ4n) is 6.61. The quantitative estimate of drug-likeness (QED) is 0.364. The van der Waals surface area contributed by atoms with E-state index in [1.807, 2.05) is 33.0 Å². The first kappa shape index (κ1) is 34.1. The molecule has 2 fully saturated rings. The summed E-state index contributed by atoms with van der Waals surface area (Å²) in [6.07, 6.45) is 5.22. The first-order valence-corrected chi connectivity index (χ1v) is 16.9. The van der Waals surface area contributed by atoms with Gasteiger partial charge in [0.05, 0.1) is 23.5 Å². The lowest BCUT2D eigenvalue weighted by atomic mass is 9.80. The number of likely N-dealkylation sites (N-methyl/N-ethyl adjacent to an activating group) is 1. The Balaban J connectivity index is 1.68. The Morgan fingerprint density at radius 1 is 1.07 bits per heavy atom. The maximum atomic E-state index is 14.7. The summed E-state index contributed by atoms with van der Waals surface area (Å²) in [5.41, 5.74) is 0.902. The molecule has 1 unspecified atom stereocenters. The number of piperazine rings is 1. The third kappa shape index (κ3) is 8.26. The lowest BCUT2D eigenvalue weighted by Gasteiger charge is -2.43. The molecular weight excluding hydrogens is 589 g/mol. The van der Waals surface area contributed by atoms with Gasteiger partial charge in [-0.1, -0.05) is 32.1 Å². The van der Waals surface area contributed by atoms with Gasteiger partial charge >= 0.3 is 12.1 Å². The Morgan fingerprint density at radius 2 is 1.77 bits per heavy atom. The molecule has 4 rings (SSSR count). The number of carbonyl (C=O) groups is 2. The highest BCUT2D eigenvalue weighted by molar-refractivity contribution is 7.89. The molecule has 6 atom stereocenters. The fraction of sp³-hybridized carbons (Fsp3) is 0.625. The van der Waals surface area contributed by atoms with Gasteiger partial charge in [-0.25, -0.2) is 17.6 Å².